The van der Waals surface area contributed by atoms with Crippen molar-refractivity contribution in [1.29, 1.82) is 0 Å². The van der Waals surface area contributed by atoms with E-state index in [-0.39, 0.29) is 0 Å². The van der Waals surface area contributed by atoms with E-state index < -0.39 is 0 Å². The van der Waals surface area contributed by atoms with E-state index >= 15 is 0 Å². The minimum Gasteiger partial charge on any atom is -0.314 e. The highest BCUT2D eigenvalue weighted by Crippen LogP contribution is 1.61. The van der Waals surface area contributed by atoms with Crippen molar-refractivity contribution < 1.29 is 0 Å². The molecule has 1 saturated heterocycles. The van der Waals surface area contributed by atoms with Crippen molar-refractivity contribution in [2.24, 2.45) is 0 Å². The summed E-state index contributed by atoms with van der Waals surface area (Å²) in [6.45, 7) is 8.21. The normalized spacial score (nSPS) is 19.3. The molecular weight excluding hydrogens is 114 g/mol. The van der Waals surface area contributed by atoms with E-state index in [1.54, 1.807) is 0 Å². The molecule has 1 aliphatic heterocycles. The summed E-state index contributed by atoms with van der Waals surface area (Å²) < 4.78 is 0. The molecule has 0 aromatic carbocycles. The van der Waals surface area contributed by atoms with E-state index in [9.17, 15) is 0 Å². The summed E-state index contributed by atoms with van der Waals surface area (Å²) in [4.78, 5) is 0. The molecule has 0 atom stereocenters. The van der Waals surface area contributed by atoms with E-state index in [1.165, 1.54) is 0 Å². The minimum absolute atomic E-state index is 1.03. The summed E-state index contributed by atoms with van der Waals surface area (Å²) in [5.74, 6) is 0. The Morgan fingerprint density at radius 1 is 0.778 bits per heavy atom. The molecular formula is C6H17N3. The second-order valence-electron chi connectivity index (χ2n) is 1.60. The summed E-state index contributed by atoms with van der Waals surface area (Å²) in [7, 11) is 0. The first-order chi connectivity index (χ1) is 4.50. The lowest BCUT2D eigenvalue weighted by molar-refractivity contribution is 0.587. The number of hydrogen-bond acceptors (Lipinski definition) is 3. The topological polar surface area (TPSA) is 36.1 Å². The van der Waals surface area contributed by atoms with Gasteiger partial charge in [-0.2, -0.15) is 0 Å². The summed E-state index contributed by atoms with van der Waals surface area (Å²) in [6.07, 6.45) is 0. The molecule has 0 aliphatic carbocycles. The zero-order valence-corrected chi connectivity index (χ0v) is 6.33. The van der Waals surface area contributed by atoms with Crippen LogP contribution in [0.25, 0.3) is 0 Å². The minimum atomic E-state index is 1.03. The Kier molecular flexibility index (Phi) is 7.77. The van der Waals surface area contributed by atoms with Gasteiger partial charge < -0.3 is 5.32 Å². The van der Waals surface area contributed by atoms with Gasteiger partial charge in [0.15, 0.2) is 0 Å². The van der Waals surface area contributed by atoms with Crippen molar-refractivity contribution in [3.8, 4) is 0 Å². The Hall–Kier alpha value is -0.120. The van der Waals surface area contributed by atoms with E-state index in [0.29, 0.717) is 0 Å². The predicted octanol–water partition coefficient (Wildman–Crippen LogP) is -0.290. The molecule has 3 nitrogen and oxygen atoms in total. The van der Waals surface area contributed by atoms with Crippen LogP contribution in [0.15, 0.2) is 0 Å². The first-order valence-electron chi connectivity index (χ1n) is 3.66. The molecule has 0 bridgehead atoms. The Morgan fingerprint density at radius 2 is 1.22 bits per heavy atom. The third-order valence-corrected chi connectivity index (χ3v) is 0.979. The summed E-state index contributed by atoms with van der Waals surface area (Å²) >= 11 is 0. The fourth-order valence-electron chi connectivity index (χ4n) is 0.604. The highest BCUT2D eigenvalue weighted by atomic mass is 15.4. The quantitative estimate of drug-likeness (QED) is 0.423. The van der Waals surface area contributed by atoms with Crippen LogP contribution in [-0.2, 0) is 0 Å². The van der Waals surface area contributed by atoms with Crippen LogP contribution < -0.4 is 16.2 Å². The molecule has 1 rings (SSSR count). The van der Waals surface area contributed by atoms with E-state index in [2.05, 4.69) is 16.2 Å². The van der Waals surface area contributed by atoms with Gasteiger partial charge in [0.1, 0.15) is 0 Å². The molecule has 0 aromatic rings. The number of rotatable bonds is 0. The fraction of sp³-hybridized carbons (Fsp3) is 1.00. The van der Waals surface area contributed by atoms with Gasteiger partial charge in [-0.1, -0.05) is 13.8 Å². The molecule has 1 heterocycles. The molecule has 56 valence electrons. The Labute approximate surface area is 57.2 Å². The molecule has 0 aromatic heterocycles. The molecule has 0 unspecified atom stereocenters. The van der Waals surface area contributed by atoms with Crippen LogP contribution in [0.4, 0.5) is 0 Å². The molecule has 1 fully saturated rings. The maximum absolute atomic E-state index is 3.22. The van der Waals surface area contributed by atoms with Crippen molar-refractivity contribution in [3.05, 3.63) is 0 Å². The predicted molar refractivity (Wildman–Crippen MR) is 40.2 cm³/mol. The van der Waals surface area contributed by atoms with Gasteiger partial charge in [-0.3, -0.25) is 10.9 Å². The van der Waals surface area contributed by atoms with Crippen LogP contribution in [0.3, 0.4) is 0 Å². The van der Waals surface area contributed by atoms with Gasteiger partial charge in [0.2, 0.25) is 0 Å². The van der Waals surface area contributed by atoms with Crippen LogP contribution in [0.5, 0.6) is 0 Å². The highest BCUT2D eigenvalue weighted by molar-refractivity contribution is 4.55. The Morgan fingerprint density at radius 3 is 1.67 bits per heavy atom. The van der Waals surface area contributed by atoms with Crippen LogP contribution in [0.1, 0.15) is 13.8 Å². The standard InChI is InChI=1S/C4H11N3.C2H6/c1-3-6-7-4-2-5-1;1-2/h5-7H,1-4H2;1-2H3. The van der Waals surface area contributed by atoms with Crippen molar-refractivity contribution >= 4 is 0 Å². The first kappa shape index (κ1) is 8.88. The van der Waals surface area contributed by atoms with Gasteiger partial charge in [0.25, 0.3) is 0 Å². The largest absolute Gasteiger partial charge is 0.314 e. The van der Waals surface area contributed by atoms with Crippen LogP contribution in [0.2, 0.25) is 0 Å². The second kappa shape index (κ2) is 7.88. The fourth-order valence-corrected chi connectivity index (χ4v) is 0.604. The third kappa shape index (κ3) is 5.76. The zero-order chi connectivity index (χ0) is 6.95. The van der Waals surface area contributed by atoms with Gasteiger partial charge in [0.05, 0.1) is 0 Å². The lowest BCUT2D eigenvalue weighted by atomic mass is 10.6. The van der Waals surface area contributed by atoms with Gasteiger partial charge in [-0.15, -0.1) is 0 Å². The summed E-state index contributed by atoms with van der Waals surface area (Å²) in [5.41, 5.74) is 6.07. The lowest BCUT2D eigenvalue weighted by Crippen LogP contribution is -2.32. The summed E-state index contributed by atoms with van der Waals surface area (Å²) in [6, 6.07) is 0. The van der Waals surface area contributed by atoms with Gasteiger partial charge in [-0.25, -0.2) is 0 Å². The first-order valence-corrected chi connectivity index (χ1v) is 3.66. The maximum Gasteiger partial charge on any atom is 0.0225 e. The maximum atomic E-state index is 3.22. The molecule has 3 heteroatoms. The van der Waals surface area contributed by atoms with E-state index in [1.807, 2.05) is 13.8 Å². The van der Waals surface area contributed by atoms with Crippen molar-refractivity contribution in [2.45, 2.75) is 13.8 Å². The molecule has 0 spiro atoms. The molecule has 9 heavy (non-hydrogen) atoms. The smallest absolute Gasteiger partial charge is 0.0225 e. The highest BCUT2D eigenvalue weighted by Gasteiger charge is 1.90. The van der Waals surface area contributed by atoms with E-state index in [0.717, 1.165) is 26.2 Å². The monoisotopic (exact) mass is 131 g/mol. The van der Waals surface area contributed by atoms with Crippen molar-refractivity contribution in [3.63, 3.8) is 0 Å². The molecule has 1 aliphatic rings. The molecule has 0 saturated carbocycles. The SMILES string of the molecule is C1CNNCCN1.CC. The third-order valence-electron chi connectivity index (χ3n) is 0.979. The molecule has 3 N–H and O–H groups in total. The average Bonchev–Trinajstić information content (AvgIpc) is 2.21. The van der Waals surface area contributed by atoms with Crippen molar-refractivity contribution in [1.82, 2.24) is 16.2 Å². The van der Waals surface area contributed by atoms with Crippen LogP contribution in [0, 0.1) is 0 Å². The number of hydrazine groups is 1. The van der Waals surface area contributed by atoms with Gasteiger partial charge >= 0.3 is 0 Å². The molecule has 0 radical (unpaired) electrons. The average molecular weight is 131 g/mol. The van der Waals surface area contributed by atoms with Gasteiger partial charge in [0, 0.05) is 26.2 Å². The molecule has 0 amide bonds. The number of nitrogens with one attached hydrogen (secondary N) is 3. The summed E-state index contributed by atoms with van der Waals surface area (Å²) in [5, 5.41) is 3.22. The zero-order valence-electron chi connectivity index (χ0n) is 6.33. The van der Waals surface area contributed by atoms with Crippen LogP contribution >= 0.6 is 0 Å². The Balaban J connectivity index is 0.000000291. The van der Waals surface area contributed by atoms with Crippen molar-refractivity contribution in [2.75, 3.05) is 26.2 Å². The second-order valence-corrected chi connectivity index (χ2v) is 1.60. The lowest BCUT2D eigenvalue weighted by Gasteiger charge is -1.94. The van der Waals surface area contributed by atoms with Crippen LogP contribution in [-0.4, -0.2) is 26.2 Å². The van der Waals surface area contributed by atoms with Gasteiger partial charge in [-0.05, 0) is 0 Å². The van der Waals surface area contributed by atoms with E-state index in [4.69, 9.17) is 0 Å². The Bertz CT molecular complexity index is 27.9. The number of hydrogen-bond donors (Lipinski definition) is 3.